The summed E-state index contributed by atoms with van der Waals surface area (Å²) in [5.74, 6) is 0.781. The lowest BCUT2D eigenvalue weighted by Gasteiger charge is -2.38. The molecule has 0 fully saturated rings. The Morgan fingerprint density at radius 2 is 1.74 bits per heavy atom. The fourth-order valence-electron chi connectivity index (χ4n) is 3.35. The molecule has 1 aliphatic heterocycles. The number of aromatic nitrogens is 2. The summed E-state index contributed by atoms with van der Waals surface area (Å²) in [6.45, 7) is 14.7. The first-order valence-electron chi connectivity index (χ1n) is 8.87. The van der Waals surface area contributed by atoms with Crippen LogP contribution in [0.1, 0.15) is 66.5 Å². The second-order valence-corrected chi connectivity index (χ2v) is 5.73. The zero-order chi connectivity index (χ0) is 17.8. The number of benzene rings is 1. The van der Waals surface area contributed by atoms with Crippen LogP contribution in [0, 0.1) is 5.95 Å². The first kappa shape index (κ1) is 19.4. The Morgan fingerprint density at radius 3 is 2.30 bits per heavy atom. The number of hydrogen-bond donors (Lipinski definition) is 0. The van der Waals surface area contributed by atoms with E-state index in [1.807, 2.05) is 33.8 Å². The predicted octanol–water partition coefficient (Wildman–Crippen LogP) is 5.41. The van der Waals surface area contributed by atoms with E-state index in [1.165, 1.54) is 5.56 Å². The fraction of sp³-hybridized carbons (Fsp3) is 0.550. The molecule has 0 saturated heterocycles. The minimum atomic E-state index is -0.183. The van der Waals surface area contributed by atoms with Gasteiger partial charge in [0.05, 0.1) is 12.6 Å². The highest BCUT2D eigenvalue weighted by atomic mass is 19.1. The zero-order valence-corrected chi connectivity index (χ0v) is 15.9. The average molecular weight is 319 g/mol. The molecule has 0 saturated carbocycles. The molecule has 3 heteroatoms. The molecule has 1 unspecified atom stereocenters. The van der Waals surface area contributed by atoms with Gasteiger partial charge in [0.1, 0.15) is 6.04 Å². The molecule has 3 rings (SSSR count). The van der Waals surface area contributed by atoms with Crippen molar-refractivity contribution in [3.63, 3.8) is 0 Å². The smallest absolute Gasteiger partial charge is 0.223 e. The second-order valence-electron chi connectivity index (χ2n) is 5.73. The molecule has 0 radical (unpaired) electrons. The summed E-state index contributed by atoms with van der Waals surface area (Å²) < 4.78 is 17.7. The molecule has 1 aromatic heterocycles. The first-order chi connectivity index (χ1) is 11.0. The van der Waals surface area contributed by atoms with E-state index < -0.39 is 0 Å². The Kier molecular flexibility index (Phi) is 6.55. The molecule has 1 aromatic carbocycles. The number of halogens is 1. The van der Waals surface area contributed by atoms with Crippen LogP contribution < -0.4 is 4.57 Å². The van der Waals surface area contributed by atoms with Gasteiger partial charge in [0.25, 0.3) is 5.82 Å². The Labute approximate surface area is 141 Å². The topological polar surface area (TPSA) is 8.81 Å². The van der Waals surface area contributed by atoms with Crippen LogP contribution in [0.15, 0.2) is 30.5 Å². The summed E-state index contributed by atoms with van der Waals surface area (Å²) >= 11 is 0. The fourth-order valence-corrected chi connectivity index (χ4v) is 3.35. The van der Waals surface area contributed by atoms with Crippen molar-refractivity contribution in [3.05, 3.63) is 42.0 Å². The third-order valence-electron chi connectivity index (χ3n) is 4.99. The lowest BCUT2D eigenvalue weighted by Crippen LogP contribution is -2.52. The highest BCUT2D eigenvalue weighted by molar-refractivity contribution is 5.62. The molecule has 0 amide bonds. The normalized spacial score (nSPS) is 21.2. The number of imidazole rings is 1. The highest BCUT2D eigenvalue weighted by Gasteiger charge is 2.45. The summed E-state index contributed by atoms with van der Waals surface area (Å²) in [6, 6.07) is 8.64. The largest absolute Gasteiger partial charge is 0.317 e. The van der Waals surface area contributed by atoms with Crippen LogP contribution in [0.2, 0.25) is 0 Å². The van der Waals surface area contributed by atoms with E-state index in [4.69, 9.17) is 0 Å². The molecular formula is C20H32FN2+. The minimum Gasteiger partial charge on any atom is -0.223 e. The Hall–Kier alpha value is -1.64. The van der Waals surface area contributed by atoms with Gasteiger partial charge in [-0.3, -0.25) is 0 Å². The van der Waals surface area contributed by atoms with Gasteiger partial charge in [-0.05, 0) is 25.0 Å². The van der Waals surface area contributed by atoms with Crippen molar-refractivity contribution in [3.8, 4) is 11.4 Å². The van der Waals surface area contributed by atoms with Crippen LogP contribution >= 0.6 is 0 Å². The molecule has 0 spiro atoms. The van der Waals surface area contributed by atoms with Crippen LogP contribution in [0.4, 0.5) is 4.39 Å². The standard InChI is InChI=1S/C16H20FN2.2C2H6/c1-5-16(3)11(2)19-10-14(17)18(4)15(19)12-8-6-7-9-13(12)16;2*1-2/h6-11H,5H2,1-4H3;2*1-2H3/q+1;;/t11-,16?;;/m1../s1. The summed E-state index contributed by atoms with van der Waals surface area (Å²) in [6.07, 6.45) is 2.66. The van der Waals surface area contributed by atoms with Crippen LogP contribution in [0.5, 0.6) is 0 Å². The molecule has 2 heterocycles. The average Bonchev–Trinajstić information content (AvgIpc) is 2.92. The first-order valence-corrected chi connectivity index (χ1v) is 8.87. The number of rotatable bonds is 1. The lowest BCUT2D eigenvalue weighted by molar-refractivity contribution is -0.720. The van der Waals surface area contributed by atoms with Gasteiger partial charge in [-0.1, -0.05) is 59.7 Å². The van der Waals surface area contributed by atoms with E-state index in [0.717, 1.165) is 17.8 Å². The van der Waals surface area contributed by atoms with E-state index in [1.54, 1.807) is 17.8 Å². The van der Waals surface area contributed by atoms with Crippen molar-refractivity contribution in [1.82, 2.24) is 4.57 Å². The van der Waals surface area contributed by atoms with Gasteiger partial charge in [-0.25, -0.2) is 9.13 Å². The number of fused-ring (bicyclic) bond motifs is 3. The maximum atomic E-state index is 14.0. The van der Waals surface area contributed by atoms with Crippen molar-refractivity contribution in [2.24, 2.45) is 7.05 Å². The minimum absolute atomic E-state index is 0.0437. The molecule has 2 aromatic rings. The molecule has 2 atom stereocenters. The quantitative estimate of drug-likeness (QED) is 0.621. The van der Waals surface area contributed by atoms with Gasteiger partial charge in [0.15, 0.2) is 6.20 Å². The third-order valence-corrected chi connectivity index (χ3v) is 4.99. The number of nitrogens with zero attached hydrogens (tertiary/aromatic N) is 2. The molecule has 128 valence electrons. The van der Waals surface area contributed by atoms with Crippen LogP contribution in [-0.4, -0.2) is 4.57 Å². The maximum absolute atomic E-state index is 14.0. The highest BCUT2D eigenvalue weighted by Crippen LogP contribution is 2.44. The van der Waals surface area contributed by atoms with Gasteiger partial charge in [-0.15, -0.1) is 0 Å². The molecule has 2 nitrogen and oxygen atoms in total. The number of hydrogen-bond acceptors (Lipinski definition) is 0. The molecular weight excluding hydrogens is 287 g/mol. The Bertz CT molecular complexity index is 645. The van der Waals surface area contributed by atoms with Gasteiger partial charge >= 0.3 is 5.95 Å². The molecule has 1 aliphatic rings. The van der Waals surface area contributed by atoms with Gasteiger partial charge < -0.3 is 0 Å². The van der Waals surface area contributed by atoms with E-state index in [-0.39, 0.29) is 17.4 Å². The molecule has 0 bridgehead atoms. The van der Waals surface area contributed by atoms with Crippen molar-refractivity contribution >= 4 is 0 Å². The lowest BCUT2D eigenvalue weighted by atomic mass is 9.70. The molecule has 0 N–H and O–H groups in total. The monoisotopic (exact) mass is 319 g/mol. The van der Waals surface area contributed by atoms with Gasteiger partial charge in [0.2, 0.25) is 0 Å². The summed E-state index contributed by atoms with van der Waals surface area (Å²) in [7, 11) is 1.79. The van der Waals surface area contributed by atoms with E-state index in [2.05, 4.69) is 43.5 Å². The van der Waals surface area contributed by atoms with Gasteiger partial charge in [0, 0.05) is 5.41 Å². The van der Waals surface area contributed by atoms with E-state index >= 15 is 0 Å². The van der Waals surface area contributed by atoms with Crippen molar-refractivity contribution in [2.75, 3.05) is 0 Å². The molecule has 0 aliphatic carbocycles. The van der Waals surface area contributed by atoms with Gasteiger partial charge in [-0.2, -0.15) is 4.39 Å². The summed E-state index contributed by atoms with van der Waals surface area (Å²) in [5, 5.41) is 0. The van der Waals surface area contributed by atoms with Crippen LogP contribution in [0.3, 0.4) is 0 Å². The van der Waals surface area contributed by atoms with Crippen molar-refractivity contribution < 1.29 is 8.96 Å². The van der Waals surface area contributed by atoms with E-state index in [0.29, 0.717) is 0 Å². The van der Waals surface area contributed by atoms with Crippen LogP contribution in [-0.2, 0) is 12.5 Å². The maximum Gasteiger partial charge on any atom is 0.317 e. The zero-order valence-electron chi connectivity index (χ0n) is 15.9. The Morgan fingerprint density at radius 1 is 1.17 bits per heavy atom. The third kappa shape index (κ3) is 2.93. The SMILES string of the molecule is CC.CC.CCC1(C)c2ccccc2-c2n(C)c(F)c[n+]2[C@@H]1C. The summed E-state index contributed by atoms with van der Waals surface area (Å²) in [5.41, 5.74) is 2.52. The Balaban J connectivity index is 0.000000615. The summed E-state index contributed by atoms with van der Waals surface area (Å²) in [4.78, 5) is 0. The van der Waals surface area contributed by atoms with E-state index in [9.17, 15) is 4.39 Å². The molecule has 23 heavy (non-hydrogen) atoms. The predicted molar refractivity (Wildman–Crippen MR) is 96.1 cm³/mol. The van der Waals surface area contributed by atoms with Crippen molar-refractivity contribution in [1.29, 1.82) is 0 Å². The second kappa shape index (κ2) is 7.76. The van der Waals surface area contributed by atoms with Crippen LogP contribution in [0.25, 0.3) is 11.4 Å². The van der Waals surface area contributed by atoms with Crippen molar-refractivity contribution in [2.45, 2.75) is 66.3 Å².